The molecule has 1 unspecified atom stereocenters. The van der Waals surface area contributed by atoms with Gasteiger partial charge in [-0.1, -0.05) is 33.6 Å². The Morgan fingerprint density at radius 3 is 2.29 bits per heavy atom. The lowest BCUT2D eigenvalue weighted by Gasteiger charge is -2.30. The van der Waals surface area contributed by atoms with Crippen LogP contribution in [0.5, 0.6) is 0 Å². The summed E-state index contributed by atoms with van der Waals surface area (Å²) in [5.74, 6) is 1.89. The molecule has 0 aromatic heterocycles. The van der Waals surface area contributed by atoms with Crippen LogP contribution in [0.15, 0.2) is 0 Å². The summed E-state index contributed by atoms with van der Waals surface area (Å²) >= 11 is 0. The van der Waals surface area contributed by atoms with E-state index < -0.39 is 0 Å². The van der Waals surface area contributed by atoms with Gasteiger partial charge in [-0.3, -0.25) is 0 Å². The zero-order chi connectivity index (χ0) is 10.6. The Morgan fingerprint density at radius 1 is 1.21 bits per heavy atom. The zero-order valence-electron chi connectivity index (χ0n) is 10.4. The molecular formula is C13H27N. The first kappa shape index (κ1) is 12.0. The first-order valence-corrected chi connectivity index (χ1v) is 6.37. The van der Waals surface area contributed by atoms with Crippen molar-refractivity contribution in [2.75, 3.05) is 13.1 Å². The molecule has 0 spiro atoms. The second-order valence-corrected chi connectivity index (χ2v) is 5.38. The van der Waals surface area contributed by atoms with Crippen molar-refractivity contribution in [1.29, 1.82) is 0 Å². The smallest absolute Gasteiger partial charge is 0.00644 e. The minimum Gasteiger partial charge on any atom is -0.300 e. The molecule has 1 aliphatic rings. The van der Waals surface area contributed by atoms with E-state index in [1.54, 1.807) is 0 Å². The van der Waals surface area contributed by atoms with Crippen molar-refractivity contribution in [3.05, 3.63) is 0 Å². The van der Waals surface area contributed by atoms with Gasteiger partial charge < -0.3 is 4.90 Å². The van der Waals surface area contributed by atoms with E-state index in [0.29, 0.717) is 0 Å². The molecule has 0 aromatic rings. The van der Waals surface area contributed by atoms with Gasteiger partial charge in [0.05, 0.1) is 0 Å². The van der Waals surface area contributed by atoms with E-state index in [0.717, 1.165) is 17.9 Å². The quantitative estimate of drug-likeness (QED) is 0.603. The van der Waals surface area contributed by atoms with Crippen LogP contribution in [0.2, 0.25) is 0 Å². The summed E-state index contributed by atoms with van der Waals surface area (Å²) in [7, 11) is 0. The summed E-state index contributed by atoms with van der Waals surface area (Å²) < 4.78 is 0. The molecule has 1 aliphatic carbocycles. The van der Waals surface area contributed by atoms with E-state index in [1.807, 2.05) is 0 Å². The highest BCUT2D eigenvalue weighted by atomic mass is 15.1. The standard InChI is InChI=1S/C13H27N/c1-5-12(4)14(10-11(2)3)9-8-13-6-7-13/h11-13H,5-10H2,1-4H3. The minimum atomic E-state index is 0.774. The van der Waals surface area contributed by atoms with E-state index >= 15 is 0 Å². The van der Waals surface area contributed by atoms with Crippen molar-refractivity contribution in [3.63, 3.8) is 0 Å². The highest BCUT2D eigenvalue weighted by Crippen LogP contribution is 2.32. The van der Waals surface area contributed by atoms with Crippen LogP contribution in [0.25, 0.3) is 0 Å². The van der Waals surface area contributed by atoms with Crippen molar-refractivity contribution < 1.29 is 0 Å². The Hall–Kier alpha value is -0.0400. The van der Waals surface area contributed by atoms with E-state index in [1.165, 1.54) is 38.8 Å². The maximum Gasteiger partial charge on any atom is 0.00644 e. The molecule has 1 saturated carbocycles. The Kier molecular flexibility index (Phi) is 4.94. The highest BCUT2D eigenvalue weighted by Gasteiger charge is 2.23. The normalized spacial score (nSPS) is 19.3. The fraction of sp³-hybridized carbons (Fsp3) is 1.00. The molecule has 0 radical (unpaired) electrons. The van der Waals surface area contributed by atoms with Gasteiger partial charge in [-0.05, 0) is 38.1 Å². The number of nitrogens with zero attached hydrogens (tertiary/aromatic N) is 1. The molecule has 1 rings (SSSR count). The van der Waals surface area contributed by atoms with Gasteiger partial charge in [-0.15, -0.1) is 0 Å². The second-order valence-electron chi connectivity index (χ2n) is 5.38. The molecule has 0 bridgehead atoms. The zero-order valence-corrected chi connectivity index (χ0v) is 10.4. The van der Waals surface area contributed by atoms with Gasteiger partial charge in [0.15, 0.2) is 0 Å². The third kappa shape index (κ3) is 4.45. The van der Waals surface area contributed by atoms with E-state index in [4.69, 9.17) is 0 Å². The van der Waals surface area contributed by atoms with Crippen molar-refractivity contribution in [2.24, 2.45) is 11.8 Å². The molecule has 84 valence electrons. The van der Waals surface area contributed by atoms with Gasteiger partial charge in [-0.2, -0.15) is 0 Å². The molecule has 1 atom stereocenters. The molecule has 14 heavy (non-hydrogen) atoms. The fourth-order valence-electron chi connectivity index (χ4n) is 1.97. The molecule has 0 aromatic carbocycles. The monoisotopic (exact) mass is 197 g/mol. The van der Waals surface area contributed by atoms with Crippen molar-refractivity contribution in [1.82, 2.24) is 4.90 Å². The van der Waals surface area contributed by atoms with Gasteiger partial charge >= 0.3 is 0 Å². The summed E-state index contributed by atoms with van der Waals surface area (Å²) in [5.41, 5.74) is 0. The van der Waals surface area contributed by atoms with Gasteiger partial charge in [0.25, 0.3) is 0 Å². The summed E-state index contributed by atoms with van der Waals surface area (Å²) in [6.45, 7) is 11.9. The Bertz CT molecular complexity index is 149. The number of hydrogen-bond donors (Lipinski definition) is 0. The van der Waals surface area contributed by atoms with Gasteiger partial charge in [-0.25, -0.2) is 0 Å². The number of hydrogen-bond acceptors (Lipinski definition) is 1. The van der Waals surface area contributed by atoms with Crippen LogP contribution in [-0.4, -0.2) is 24.0 Å². The minimum absolute atomic E-state index is 0.774. The largest absolute Gasteiger partial charge is 0.300 e. The molecule has 0 amide bonds. The van der Waals surface area contributed by atoms with Crippen LogP contribution < -0.4 is 0 Å². The van der Waals surface area contributed by atoms with E-state index in [9.17, 15) is 0 Å². The topological polar surface area (TPSA) is 3.24 Å². The van der Waals surface area contributed by atoms with Gasteiger partial charge in [0.2, 0.25) is 0 Å². The lowest BCUT2D eigenvalue weighted by Crippen LogP contribution is -2.36. The summed E-state index contributed by atoms with van der Waals surface area (Å²) in [4.78, 5) is 2.68. The van der Waals surface area contributed by atoms with Crippen molar-refractivity contribution >= 4 is 0 Å². The SMILES string of the molecule is CCC(C)N(CCC1CC1)CC(C)C. The van der Waals surface area contributed by atoms with Crippen LogP contribution >= 0.6 is 0 Å². The molecule has 0 aliphatic heterocycles. The Balaban J connectivity index is 2.25. The van der Waals surface area contributed by atoms with Crippen molar-refractivity contribution in [2.45, 2.75) is 59.4 Å². The van der Waals surface area contributed by atoms with Crippen LogP contribution in [0.4, 0.5) is 0 Å². The van der Waals surface area contributed by atoms with Crippen LogP contribution in [0, 0.1) is 11.8 Å². The third-order valence-electron chi connectivity index (χ3n) is 3.34. The molecule has 0 heterocycles. The molecule has 0 saturated heterocycles. The Labute approximate surface area is 89.9 Å². The van der Waals surface area contributed by atoms with Crippen LogP contribution in [0.3, 0.4) is 0 Å². The maximum atomic E-state index is 2.68. The molecular weight excluding hydrogens is 170 g/mol. The number of rotatable bonds is 7. The molecule has 1 fully saturated rings. The van der Waals surface area contributed by atoms with Crippen LogP contribution in [-0.2, 0) is 0 Å². The average Bonchev–Trinajstić information content (AvgIpc) is 2.93. The van der Waals surface area contributed by atoms with E-state index in [-0.39, 0.29) is 0 Å². The average molecular weight is 197 g/mol. The predicted molar refractivity (Wildman–Crippen MR) is 63.5 cm³/mol. The highest BCUT2D eigenvalue weighted by molar-refractivity contribution is 4.76. The molecule has 1 nitrogen and oxygen atoms in total. The lowest BCUT2D eigenvalue weighted by atomic mass is 10.1. The third-order valence-corrected chi connectivity index (χ3v) is 3.34. The molecule has 1 heteroatoms. The first-order chi connectivity index (χ1) is 6.63. The lowest BCUT2D eigenvalue weighted by molar-refractivity contribution is 0.177. The predicted octanol–water partition coefficient (Wildman–Crippen LogP) is 3.54. The Morgan fingerprint density at radius 2 is 1.86 bits per heavy atom. The maximum absolute atomic E-state index is 2.68. The summed E-state index contributed by atoms with van der Waals surface area (Å²) in [6, 6.07) is 0.774. The van der Waals surface area contributed by atoms with Crippen LogP contribution in [0.1, 0.15) is 53.4 Å². The van der Waals surface area contributed by atoms with Gasteiger partial charge in [0.1, 0.15) is 0 Å². The summed E-state index contributed by atoms with van der Waals surface area (Å²) in [6.07, 6.45) is 5.72. The van der Waals surface area contributed by atoms with Gasteiger partial charge in [0, 0.05) is 12.6 Å². The first-order valence-electron chi connectivity index (χ1n) is 6.37. The summed E-state index contributed by atoms with van der Waals surface area (Å²) in [5, 5.41) is 0. The second kappa shape index (κ2) is 5.75. The molecule has 0 N–H and O–H groups in total. The fourth-order valence-corrected chi connectivity index (χ4v) is 1.97. The van der Waals surface area contributed by atoms with E-state index in [2.05, 4.69) is 32.6 Å². The van der Waals surface area contributed by atoms with Crippen molar-refractivity contribution in [3.8, 4) is 0 Å².